The van der Waals surface area contributed by atoms with Crippen molar-refractivity contribution >= 4 is 15.7 Å². The Labute approximate surface area is 108 Å². The van der Waals surface area contributed by atoms with Gasteiger partial charge < -0.3 is 5.73 Å². The molecule has 0 aromatic heterocycles. The van der Waals surface area contributed by atoms with Crippen molar-refractivity contribution in [3.63, 3.8) is 0 Å². The van der Waals surface area contributed by atoms with Gasteiger partial charge in [0.25, 0.3) is 0 Å². The Morgan fingerprint density at radius 2 is 2.00 bits per heavy atom. The molecule has 0 atom stereocenters. The maximum absolute atomic E-state index is 13.3. The molecule has 18 heavy (non-hydrogen) atoms. The van der Waals surface area contributed by atoms with E-state index in [-0.39, 0.29) is 10.6 Å². The standard InChI is InChI=1S/C12H19FN2O2S/c1-3-4-5-9-15(2)18(16,17)11-8-6-7-10(13)12(11)14/h6-8H,3-5,9,14H2,1-2H3. The lowest BCUT2D eigenvalue weighted by atomic mass is 10.2. The number of rotatable bonds is 6. The lowest BCUT2D eigenvalue weighted by Gasteiger charge is -2.18. The van der Waals surface area contributed by atoms with Crippen molar-refractivity contribution in [2.45, 2.75) is 31.1 Å². The molecule has 0 heterocycles. The number of benzene rings is 1. The first kappa shape index (κ1) is 14.9. The van der Waals surface area contributed by atoms with Gasteiger partial charge in [0.1, 0.15) is 10.7 Å². The molecule has 2 N–H and O–H groups in total. The van der Waals surface area contributed by atoms with Gasteiger partial charge in [-0.3, -0.25) is 0 Å². The van der Waals surface area contributed by atoms with Gasteiger partial charge in [-0.05, 0) is 18.6 Å². The number of anilines is 1. The second kappa shape index (κ2) is 6.15. The molecule has 0 unspecified atom stereocenters. The minimum absolute atomic E-state index is 0.165. The lowest BCUT2D eigenvalue weighted by molar-refractivity contribution is 0.454. The zero-order valence-electron chi connectivity index (χ0n) is 10.7. The van der Waals surface area contributed by atoms with Crippen molar-refractivity contribution in [1.82, 2.24) is 4.31 Å². The van der Waals surface area contributed by atoms with Crippen LogP contribution in [0.3, 0.4) is 0 Å². The first-order valence-corrected chi connectivity index (χ1v) is 7.35. The fraction of sp³-hybridized carbons (Fsp3) is 0.500. The van der Waals surface area contributed by atoms with Gasteiger partial charge in [0.15, 0.2) is 0 Å². The highest BCUT2D eigenvalue weighted by Crippen LogP contribution is 2.24. The van der Waals surface area contributed by atoms with Crippen LogP contribution in [0.4, 0.5) is 10.1 Å². The molecule has 1 rings (SSSR count). The average Bonchev–Trinajstić information content (AvgIpc) is 2.32. The van der Waals surface area contributed by atoms with E-state index < -0.39 is 15.8 Å². The largest absolute Gasteiger partial charge is 0.395 e. The van der Waals surface area contributed by atoms with Crippen molar-refractivity contribution in [3.8, 4) is 0 Å². The van der Waals surface area contributed by atoms with Gasteiger partial charge in [-0.15, -0.1) is 0 Å². The summed E-state index contributed by atoms with van der Waals surface area (Å²) in [5.74, 6) is -0.710. The van der Waals surface area contributed by atoms with Gasteiger partial charge >= 0.3 is 0 Å². The normalized spacial score (nSPS) is 12.0. The first-order chi connectivity index (χ1) is 8.41. The van der Waals surface area contributed by atoms with Gasteiger partial charge in [-0.25, -0.2) is 17.1 Å². The number of hydrogen-bond donors (Lipinski definition) is 1. The quantitative estimate of drug-likeness (QED) is 0.639. The second-order valence-corrected chi connectivity index (χ2v) is 6.20. The van der Waals surface area contributed by atoms with E-state index >= 15 is 0 Å². The third-order valence-electron chi connectivity index (χ3n) is 2.78. The Balaban J connectivity index is 2.95. The molecule has 0 aliphatic rings. The van der Waals surface area contributed by atoms with E-state index in [9.17, 15) is 12.8 Å². The van der Waals surface area contributed by atoms with Gasteiger partial charge in [0, 0.05) is 13.6 Å². The van der Waals surface area contributed by atoms with Crippen LogP contribution in [0.1, 0.15) is 26.2 Å². The van der Waals surface area contributed by atoms with E-state index in [0.29, 0.717) is 6.54 Å². The van der Waals surface area contributed by atoms with Crippen LogP contribution in [-0.2, 0) is 10.0 Å². The van der Waals surface area contributed by atoms with Crippen LogP contribution in [-0.4, -0.2) is 26.3 Å². The average molecular weight is 274 g/mol. The Morgan fingerprint density at radius 3 is 2.61 bits per heavy atom. The van der Waals surface area contributed by atoms with E-state index in [2.05, 4.69) is 0 Å². The summed E-state index contributed by atoms with van der Waals surface area (Å²) in [6.45, 7) is 2.45. The summed E-state index contributed by atoms with van der Waals surface area (Å²) in [4.78, 5) is -0.165. The van der Waals surface area contributed by atoms with Gasteiger partial charge in [-0.1, -0.05) is 25.8 Å². The number of halogens is 1. The summed E-state index contributed by atoms with van der Waals surface area (Å²) < 4.78 is 38.8. The molecule has 0 saturated heterocycles. The Hall–Kier alpha value is -1.14. The van der Waals surface area contributed by atoms with Crippen LogP contribution < -0.4 is 5.73 Å². The molecule has 102 valence electrons. The number of sulfonamides is 1. The zero-order valence-corrected chi connectivity index (χ0v) is 11.5. The summed E-state index contributed by atoms with van der Waals surface area (Å²) in [6.07, 6.45) is 2.75. The van der Waals surface area contributed by atoms with E-state index in [1.807, 2.05) is 6.92 Å². The molecular formula is C12H19FN2O2S. The molecule has 4 nitrogen and oxygen atoms in total. The minimum atomic E-state index is -3.70. The highest BCUT2D eigenvalue weighted by Gasteiger charge is 2.24. The molecule has 0 aliphatic heterocycles. The minimum Gasteiger partial charge on any atom is -0.395 e. The first-order valence-electron chi connectivity index (χ1n) is 5.91. The number of nitrogens with two attached hydrogens (primary N) is 1. The van der Waals surface area contributed by atoms with E-state index in [0.717, 1.165) is 25.3 Å². The van der Waals surface area contributed by atoms with E-state index in [1.165, 1.54) is 23.5 Å². The topological polar surface area (TPSA) is 63.4 Å². The molecule has 6 heteroatoms. The number of nitrogen functional groups attached to an aromatic ring is 1. The predicted molar refractivity (Wildman–Crippen MR) is 70.2 cm³/mol. The number of para-hydroxylation sites is 1. The van der Waals surface area contributed by atoms with Crippen molar-refractivity contribution in [2.75, 3.05) is 19.3 Å². The molecule has 0 bridgehead atoms. The summed E-state index contributed by atoms with van der Waals surface area (Å²) in [5.41, 5.74) is 5.16. The van der Waals surface area contributed by atoms with E-state index in [1.54, 1.807) is 0 Å². The summed E-state index contributed by atoms with van der Waals surface area (Å²) in [6, 6.07) is 3.81. The second-order valence-electron chi connectivity index (χ2n) is 4.19. The highest BCUT2D eigenvalue weighted by molar-refractivity contribution is 7.89. The molecule has 0 spiro atoms. The number of nitrogens with zero attached hydrogens (tertiary/aromatic N) is 1. The van der Waals surface area contributed by atoms with Gasteiger partial charge in [-0.2, -0.15) is 0 Å². The molecule has 0 saturated carbocycles. The fourth-order valence-corrected chi connectivity index (χ4v) is 2.95. The van der Waals surface area contributed by atoms with Crippen LogP contribution in [0.5, 0.6) is 0 Å². The lowest BCUT2D eigenvalue weighted by Crippen LogP contribution is -2.28. The highest BCUT2D eigenvalue weighted by atomic mass is 32.2. The maximum Gasteiger partial charge on any atom is 0.244 e. The smallest absolute Gasteiger partial charge is 0.244 e. The zero-order chi connectivity index (χ0) is 13.8. The molecule has 0 amide bonds. The fourth-order valence-electron chi connectivity index (χ4n) is 1.61. The van der Waals surface area contributed by atoms with Crippen LogP contribution >= 0.6 is 0 Å². The monoisotopic (exact) mass is 274 g/mol. The summed E-state index contributed by atoms with van der Waals surface area (Å²) in [7, 11) is -2.22. The molecular weight excluding hydrogens is 255 g/mol. The van der Waals surface area contributed by atoms with Crippen LogP contribution in [0.15, 0.2) is 23.1 Å². The third kappa shape index (κ3) is 3.20. The van der Waals surface area contributed by atoms with Crippen molar-refractivity contribution in [3.05, 3.63) is 24.0 Å². The number of unbranched alkanes of at least 4 members (excludes halogenated alkanes) is 2. The molecule has 0 fully saturated rings. The molecule has 0 aliphatic carbocycles. The number of hydrogen-bond acceptors (Lipinski definition) is 3. The molecule has 1 aromatic carbocycles. The van der Waals surface area contributed by atoms with Gasteiger partial charge in [0.05, 0.1) is 5.69 Å². The van der Waals surface area contributed by atoms with Crippen molar-refractivity contribution in [1.29, 1.82) is 0 Å². The maximum atomic E-state index is 13.3. The van der Waals surface area contributed by atoms with Crippen LogP contribution in [0.25, 0.3) is 0 Å². The van der Waals surface area contributed by atoms with Gasteiger partial charge in [0.2, 0.25) is 10.0 Å². The van der Waals surface area contributed by atoms with Crippen molar-refractivity contribution in [2.24, 2.45) is 0 Å². The molecule has 0 radical (unpaired) electrons. The SMILES string of the molecule is CCCCCN(C)S(=O)(=O)c1cccc(F)c1N. The Bertz CT molecular complexity index is 503. The van der Waals surface area contributed by atoms with Crippen molar-refractivity contribution < 1.29 is 12.8 Å². The summed E-state index contributed by atoms with van der Waals surface area (Å²) in [5, 5.41) is 0. The molecule has 1 aromatic rings. The predicted octanol–water partition coefficient (Wildman–Crippen LogP) is 2.22. The third-order valence-corrected chi connectivity index (χ3v) is 4.69. The summed E-state index contributed by atoms with van der Waals surface area (Å²) >= 11 is 0. The van der Waals surface area contributed by atoms with Crippen LogP contribution in [0.2, 0.25) is 0 Å². The Morgan fingerprint density at radius 1 is 1.33 bits per heavy atom. The van der Waals surface area contributed by atoms with Crippen LogP contribution in [0, 0.1) is 5.82 Å². The Kier molecular flexibility index (Phi) is 5.10. The van der Waals surface area contributed by atoms with E-state index in [4.69, 9.17) is 5.73 Å².